The maximum Gasteiger partial charge on any atom is -0.0233 e. The fourth-order valence-electron chi connectivity index (χ4n) is 2.94. The molecule has 0 radical (unpaired) electrons. The van der Waals surface area contributed by atoms with Crippen molar-refractivity contribution < 1.29 is 0 Å². The van der Waals surface area contributed by atoms with Gasteiger partial charge in [-0.3, -0.25) is 0 Å². The minimum Gasteiger partial charge on any atom is -0.0985 e. The van der Waals surface area contributed by atoms with E-state index in [0.29, 0.717) is 0 Å². The van der Waals surface area contributed by atoms with E-state index in [2.05, 4.69) is 38.6 Å². The molecule has 0 heterocycles. The zero-order chi connectivity index (χ0) is 15.3. The Morgan fingerprint density at radius 2 is 1.43 bits per heavy atom. The normalized spacial score (nSPS) is 10.8. The van der Waals surface area contributed by atoms with Crippen molar-refractivity contribution in [1.82, 2.24) is 0 Å². The minimum atomic E-state index is 1.23. The Morgan fingerprint density at radius 3 is 1.95 bits per heavy atom. The van der Waals surface area contributed by atoms with E-state index in [0.717, 1.165) is 0 Å². The molecule has 0 aliphatic rings. The molecule has 0 N–H and O–H groups in total. The van der Waals surface area contributed by atoms with E-state index in [1.54, 1.807) is 0 Å². The van der Waals surface area contributed by atoms with E-state index in [1.807, 2.05) is 6.08 Å². The summed E-state index contributed by atoms with van der Waals surface area (Å²) in [4.78, 5) is 0. The van der Waals surface area contributed by atoms with E-state index in [9.17, 15) is 0 Å². The van der Waals surface area contributed by atoms with Gasteiger partial charge in [0.1, 0.15) is 0 Å². The Kier molecular flexibility index (Phi) is 9.95. The molecule has 0 unspecified atom stereocenters. The molecule has 1 rings (SSSR count). The predicted octanol–water partition coefficient (Wildman–Crippen LogP) is 7.10. The van der Waals surface area contributed by atoms with Crippen molar-refractivity contribution in [3.8, 4) is 0 Å². The summed E-state index contributed by atoms with van der Waals surface area (Å²) < 4.78 is 0. The van der Waals surface area contributed by atoms with Gasteiger partial charge in [-0.25, -0.2) is 0 Å². The van der Waals surface area contributed by atoms with Gasteiger partial charge in [-0.2, -0.15) is 0 Å². The maximum atomic E-state index is 3.85. The van der Waals surface area contributed by atoms with Crippen LogP contribution in [0.4, 0.5) is 0 Å². The van der Waals surface area contributed by atoms with E-state index in [1.165, 1.54) is 87.3 Å². The Morgan fingerprint density at radius 1 is 0.857 bits per heavy atom. The summed E-state index contributed by atoms with van der Waals surface area (Å²) in [6.07, 6.45) is 17.3. The Hall–Kier alpha value is -1.04. The molecule has 0 atom stereocenters. The first-order valence-corrected chi connectivity index (χ1v) is 9.00. The van der Waals surface area contributed by atoms with Crippen molar-refractivity contribution in [3.05, 3.63) is 41.5 Å². The largest absolute Gasteiger partial charge is 0.0985 e. The molecule has 0 spiro atoms. The molecule has 0 amide bonds. The molecule has 0 bridgehead atoms. The van der Waals surface area contributed by atoms with Crippen LogP contribution in [0.1, 0.15) is 87.8 Å². The number of hydrogen-bond acceptors (Lipinski definition) is 0. The van der Waals surface area contributed by atoms with Gasteiger partial charge in [0, 0.05) is 0 Å². The van der Waals surface area contributed by atoms with Gasteiger partial charge in [-0.05, 0) is 36.5 Å². The zero-order valence-corrected chi connectivity index (χ0v) is 14.3. The van der Waals surface area contributed by atoms with Crippen LogP contribution in [-0.2, 0) is 6.42 Å². The summed E-state index contributed by atoms with van der Waals surface area (Å²) in [7, 11) is 0. The van der Waals surface area contributed by atoms with Crippen LogP contribution in [0, 0.1) is 6.92 Å². The van der Waals surface area contributed by atoms with Crippen molar-refractivity contribution in [3.63, 3.8) is 0 Å². The SMILES string of the molecule is C=Cc1ccc(CCCCCCCCCCCC)cc1C. The smallest absolute Gasteiger partial charge is 0.0233 e. The topological polar surface area (TPSA) is 0 Å². The molecule has 118 valence electrons. The standard InChI is InChI=1S/C21H34/c1-4-6-7-8-9-10-11-12-13-14-15-20-16-17-21(5-2)19(3)18-20/h5,16-18H,2,4,6-15H2,1,3H3. The van der Waals surface area contributed by atoms with E-state index in [-0.39, 0.29) is 0 Å². The Labute approximate surface area is 132 Å². The lowest BCUT2D eigenvalue weighted by Gasteiger charge is -2.06. The molecule has 0 heteroatoms. The van der Waals surface area contributed by atoms with E-state index in [4.69, 9.17) is 0 Å². The fourth-order valence-corrected chi connectivity index (χ4v) is 2.94. The van der Waals surface area contributed by atoms with Crippen LogP contribution in [-0.4, -0.2) is 0 Å². The highest BCUT2D eigenvalue weighted by Gasteiger charge is 1.98. The highest BCUT2D eigenvalue weighted by molar-refractivity contribution is 5.52. The highest BCUT2D eigenvalue weighted by atomic mass is 14.0. The van der Waals surface area contributed by atoms with Gasteiger partial charge in [0.25, 0.3) is 0 Å². The Bertz CT molecular complexity index is 389. The van der Waals surface area contributed by atoms with Crippen molar-refractivity contribution in [2.24, 2.45) is 0 Å². The van der Waals surface area contributed by atoms with Gasteiger partial charge in [0.15, 0.2) is 0 Å². The number of aryl methyl sites for hydroxylation is 2. The van der Waals surface area contributed by atoms with E-state index >= 15 is 0 Å². The molecule has 0 fully saturated rings. The number of rotatable bonds is 12. The quantitative estimate of drug-likeness (QED) is 0.359. The van der Waals surface area contributed by atoms with Crippen LogP contribution >= 0.6 is 0 Å². The summed E-state index contributed by atoms with van der Waals surface area (Å²) in [5, 5.41) is 0. The third-order valence-corrected chi connectivity index (χ3v) is 4.37. The van der Waals surface area contributed by atoms with Crippen LogP contribution in [0.15, 0.2) is 24.8 Å². The summed E-state index contributed by atoms with van der Waals surface area (Å²) in [6, 6.07) is 6.79. The van der Waals surface area contributed by atoms with Crippen molar-refractivity contribution >= 4 is 6.08 Å². The van der Waals surface area contributed by atoms with Crippen LogP contribution in [0.3, 0.4) is 0 Å². The molecule has 1 aromatic carbocycles. The third kappa shape index (κ3) is 8.09. The number of unbranched alkanes of at least 4 members (excludes halogenated alkanes) is 9. The van der Waals surface area contributed by atoms with Crippen molar-refractivity contribution in [1.29, 1.82) is 0 Å². The number of benzene rings is 1. The molecule has 0 nitrogen and oxygen atoms in total. The first kappa shape index (κ1) is 18.0. The highest BCUT2D eigenvalue weighted by Crippen LogP contribution is 2.16. The molecule has 0 aromatic heterocycles. The summed E-state index contributed by atoms with van der Waals surface area (Å²) in [5.41, 5.74) is 4.11. The van der Waals surface area contributed by atoms with Crippen LogP contribution < -0.4 is 0 Å². The second-order valence-electron chi connectivity index (χ2n) is 6.33. The predicted molar refractivity (Wildman–Crippen MR) is 96.8 cm³/mol. The van der Waals surface area contributed by atoms with Crippen molar-refractivity contribution in [2.45, 2.75) is 84.5 Å². The molecular formula is C21H34. The maximum absolute atomic E-state index is 3.85. The first-order valence-electron chi connectivity index (χ1n) is 9.00. The third-order valence-electron chi connectivity index (χ3n) is 4.37. The second-order valence-corrected chi connectivity index (χ2v) is 6.33. The zero-order valence-electron chi connectivity index (χ0n) is 14.3. The monoisotopic (exact) mass is 286 g/mol. The minimum absolute atomic E-state index is 1.23. The molecular weight excluding hydrogens is 252 g/mol. The van der Waals surface area contributed by atoms with Crippen LogP contribution in [0.2, 0.25) is 0 Å². The van der Waals surface area contributed by atoms with Crippen LogP contribution in [0.25, 0.3) is 6.08 Å². The van der Waals surface area contributed by atoms with Gasteiger partial charge in [-0.1, -0.05) is 95.6 Å². The lowest BCUT2D eigenvalue weighted by Crippen LogP contribution is -1.89. The summed E-state index contributed by atoms with van der Waals surface area (Å²) in [5.74, 6) is 0. The lowest BCUT2D eigenvalue weighted by atomic mass is 10.00. The second kappa shape index (κ2) is 11.6. The summed E-state index contributed by atoms with van der Waals surface area (Å²) >= 11 is 0. The Balaban J connectivity index is 2.01. The van der Waals surface area contributed by atoms with Gasteiger partial charge in [-0.15, -0.1) is 0 Å². The molecule has 0 aliphatic carbocycles. The fraction of sp³-hybridized carbons (Fsp3) is 0.619. The average molecular weight is 287 g/mol. The average Bonchev–Trinajstić information content (AvgIpc) is 2.49. The van der Waals surface area contributed by atoms with Gasteiger partial charge >= 0.3 is 0 Å². The molecule has 0 saturated heterocycles. The van der Waals surface area contributed by atoms with Gasteiger partial charge in [0.2, 0.25) is 0 Å². The molecule has 1 aromatic rings. The molecule has 0 aliphatic heterocycles. The number of hydrogen-bond donors (Lipinski definition) is 0. The summed E-state index contributed by atoms with van der Waals surface area (Å²) in [6.45, 7) is 8.31. The first-order chi connectivity index (χ1) is 10.3. The van der Waals surface area contributed by atoms with Crippen LogP contribution in [0.5, 0.6) is 0 Å². The van der Waals surface area contributed by atoms with E-state index < -0.39 is 0 Å². The van der Waals surface area contributed by atoms with Gasteiger partial charge < -0.3 is 0 Å². The molecule has 0 saturated carbocycles. The lowest BCUT2D eigenvalue weighted by molar-refractivity contribution is 0.556. The molecule has 21 heavy (non-hydrogen) atoms. The van der Waals surface area contributed by atoms with Gasteiger partial charge in [0.05, 0.1) is 0 Å². The van der Waals surface area contributed by atoms with Crippen molar-refractivity contribution in [2.75, 3.05) is 0 Å².